The number of hydrogen-bond acceptors (Lipinski definition) is 4. The van der Waals surface area contributed by atoms with Gasteiger partial charge in [0.2, 0.25) is 10.9 Å². The summed E-state index contributed by atoms with van der Waals surface area (Å²) in [4.78, 5) is 4.49. The molecule has 1 aromatic heterocycles. The highest BCUT2D eigenvalue weighted by Gasteiger charge is 2.35. The van der Waals surface area contributed by atoms with Crippen molar-refractivity contribution in [3.8, 4) is 22.8 Å². The summed E-state index contributed by atoms with van der Waals surface area (Å²) < 4.78 is 35.0. The van der Waals surface area contributed by atoms with Gasteiger partial charge in [-0.25, -0.2) is 8.42 Å². The number of aromatic nitrogens is 1. The molecule has 3 aromatic carbocycles. The second-order valence-electron chi connectivity index (χ2n) is 8.42. The Bertz CT molecular complexity index is 1300. The molecule has 1 aliphatic heterocycles. The van der Waals surface area contributed by atoms with E-state index in [-0.39, 0.29) is 5.03 Å². The Morgan fingerprint density at radius 3 is 1.94 bits per heavy atom. The molecule has 0 atom stereocenters. The lowest BCUT2D eigenvalue weighted by Crippen LogP contribution is -2.39. The zero-order valence-corrected chi connectivity index (χ0v) is 19.1. The molecule has 0 N–H and O–H groups in total. The number of sulfonamides is 1. The van der Waals surface area contributed by atoms with Crippen molar-refractivity contribution in [2.24, 2.45) is 5.92 Å². The molecule has 0 saturated carbocycles. The van der Waals surface area contributed by atoms with Crippen LogP contribution in [0.15, 0.2) is 100 Å². The first-order valence-corrected chi connectivity index (χ1v) is 12.7. The Kier molecular flexibility index (Phi) is 6.11. The highest BCUT2D eigenvalue weighted by atomic mass is 32.2. The van der Waals surface area contributed by atoms with Crippen LogP contribution in [-0.2, 0) is 16.4 Å². The lowest BCUT2D eigenvalue weighted by molar-refractivity contribution is 0.272. The molecule has 5 rings (SSSR count). The Morgan fingerprint density at radius 1 is 0.788 bits per heavy atom. The molecule has 2 heterocycles. The number of benzene rings is 3. The largest absolute Gasteiger partial charge is 0.435 e. The van der Waals surface area contributed by atoms with Crippen molar-refractivity contribution < 1.29 is 12.8 Å². The van der Waals surface area contributed by atoms with Crippen molar-refractivity contribution in [1.82, 2.24) is 9.29 Å². The third-order valence-corrected chi connectivity index (χ3v) is 7.99. The van der Waals surface area contributed by atoms with Gasteiger partial charge in [0.05, 0.1) is 0 Å². The second kappa shape index (κ2) is 9.33. The molecule has 0 bridgehead atoms. The Balaban J connectivity index is 1.42. The van der Waals surface area contributed by atoms with Gasteiger partial charge in [0.25, 0.3) is 10.0 Å². The summed E-state index contributed by atoms with van der Waals surface area (Å²) in [5.74, 6) is 1.08. The van der Waals surface area contributed by atoms with Crippen LogP contribution in [-0.4, -0.2) is 30.8 Å². The number of oxazole rings is 1. The van der Waals surface area contributed by atoms with E-state index in [0.717, 1.165) is 24.8 Å². The fourth-order valence-electron chi connectivity index (χ4n) is 4.38. The minimum atomic E-state index is -3.80. The van der Waals surface area contributed by atoms with E-state index >= 15 is 0 Å². The van der Waals surface area contributed by atoms with Gasteiger partial charge in [0, 0.05) is 24.2 Å². The zero-order valence-electron chi connectivity index (χ0n) is 18.3. The maximum Gasteiger partial charge on any atom is 0.264 e. The lowest BCUT2D eigenvalue weighted by atomic mass is 9.91. The zero-order chi connectivity index (χ0) is 22.7. The first kappa shape index (κ1) is 21.6. The molecule has 1 saturated heterocycles. The fraction of sp³-hybridized carbons (Fsp3) is 0.222. The molecule has 1 fully saturated rings. The van der Waals surface area contributed by atoms with Gasteiger partial charge in [0.15, 0.2) is 5.76 Å². The van der Waals surface area contributed by atoms with E-state index in [1.807, 2.05) is 66.7 Å². The number of piperidine rings is 1. The molecule has 0 aliphatic carbocycles. The van der Waals surface area contributed by atoms with Crippen molar-refractivity contribution in [2.75, 3.05) is 13.1 Å². The van der Waals surface area contributed by atoms with Crippen LogP contribution in [0.3, 0.4) is 0 Å². The highest BCUT2D eigenvalue weighted by Crippen LogP contribution is 2.35. The van der Waals surface area contributed by atoms with Crippen molar-refractivity contribution in [3.05, 3.63) is 96.6 Å². The van der Waals surface area contributed by atoms with E-state index in [4.69, 9.17) is 4.42 Å². The molecule has 5 nitrogen and oxygen atoms in total. The number of nitrogens with zero attached hydrogens (tertiary/aromatic N) is 2. The molecule has 0 unspecified atom stereocenters. The minimum Gasteiger partial charge on any atom is -0.435 e. The van der Waals surface area contributed by atoms with Gasteiger partial charge in [-0.3, -0.25) is 0 Å². The third-order valence-electron chi connectivity index (χ3n) is 6.18. The van der Waals surface area contributed by atoms with Gasteiger partial charge < -0.3 is 4.42 Å². The summed E-state index contributed by atoms with van der Waals surface area (Å²) in [6, 6.07) is 29.1. The van der Waals surface area contributed by atoms with Crippen molar-refractivity contribution in [2.45, 2.75) is 24.3 Å². The molecule has 0 spiro atoms. The van der Waals surface area contributed by atoms with Crippen molar-refractivity contribution >= 4 is 10.0 Å². The van der Waals surface area contributed by atoms with Crippen LogP contribution < -0.4 is 0 Å². The van der Waals surface area contributed by atoms with E-state index in [9.17, 15) is 8.42 Å². The van der Waals surface area contributed by atoms with Crippen LogP contribution >= 0.6 is 0 Å². The van der Waals surface area contributed by atoms with Gasteiger partial charge >= 0.3 is 0 Å². The summed E-state index contributed by atoms with van der Waals surface area (Å²) in [6.45, 7) is 0.975. The maximum atomic E-state index is 13.7. The van der Waals surface area contributed by atoms with Gasteiger partial charge in [-0.15, -0.1) is 0 Å². The molecule has 0 amide bonds. The Labute approximate surface area is 194 Å². The number of hydrogen-bond donors (Lipinski definition) is 0. The summed E-state index contributed by atoms with van der Waals surface area (Å²) in [5.41, 5.74) is 2.75. The number of rotatable bonds is 6. The Hall–Kier alpha value is -3.22. The average molecular weight is 459 g/mol. The van der Waals surface area contributed by atoms with Crippen LogP contribution in [0.5, 0.6) is 0 Å². The maximum absolute atomic E-state index is 13.7. The molecule has 4 aromatic rings. The standard InChI is InChI=1S/C27H26N2O3S/c30-33(31,29-18-16-22(17-19-29)20-21-10-4-1-5-11-21)27-25(23-12-6-2-7-13-23)32-26(28-27)24-14-8-3-9-15-24/h1-15,22H,16-20H2. The molecule has 168 valence electrons. The molecule has 0 radical (unpaired) electrons. The van der Waals surface area contributed by atoms with Crippen LogP contribution in [0.4, 0.5) is 0 Å². The first-order valence-electron chi connectivity index (χ1n) is 11.3. The summed E-state index contributed by atoms with van der Waals surface area (Å²) in [7, 11) is -3.80. The summed E-state index contributed by atoms with van der Waals surface area (Å²) in [6.07, 6.45) is 2.64. The summed E-state index contributed by atoms with van der Waals surface area (Å²) >= 11 is 0. The van der Waals surface area contributed by atoms with Crippen LogP contribution in [0, 0.1) is 5.92 Å². The van der Waals surface area contributed by atoms with E-state index < -0.39 is 10.0 Å². The topological polar surface area (TPSA) is 63.4 Å². The van der Waals surface area contributed by atoms with Gasteiger partial charge in [0.1, 0.15) is 0 Å². The van der Waals surface area contributed by atoms with E-state index in [2.05, 4.69) is 29.2 Å². The van der Waals surface area contributed by atoms with E-state index in [1.165, 1.54) is 5.56 Å². The molecular formula is C27H26N2O3S. The van der Waals surface area contributed by atoms with Crippen molar-refractivity contribution in [1.29, 1.82) is 0 Å². The van der Waals surface area contributed by atoms with Gasteiger partial charge in [-0.2, -0.15) is 9.29 Å². The minimum absolute atomic E-state index is 0.00550. The highest BCUT2D eigenvalue weighted by molar-refractivity contribution is 7.89. The molecule has 1 aliphatic rings. The Morgan fingerprint density at radius 2 is 1.33 bits per heavy atom. The van der Waals surface area contributed by atoms with Crippen LogP contribution in [0.1, 0.15) is 18.4 Å². The molecule has 33 heavy (non-hydrogen) atoms. The van der Waals surface area contributed by atoms with Gasteiger partial charge in [-0.05, 0) is 42.9 Å². The van der Waals surface area contributed by atoms with E-state index in [1.54, 1.807) is 4.31 Å². The first-order chi connectivity index (χ1) is 16.1. The molecule has 6 heteroatoms. The smallest absolute Gasteiger partial charge is 0.264 e. The lowest BCUT2D eigenvalue weighted by Gasteiger charge is -2.30. The second-order valence-corrected chi connectivity index (χ2v) is 10.3. The van der Waals surface area contributed by atoms with Crippen molar-refractivity contribution in [3.63, 3.8) is 0 Å². The van der Waals surface area contributed by atoms with Crippen LogP contribution in [0.2, 0.25) is 0 Å². The predicted molar refractivity (Wildman–Crippen MR) is 129 cm³/mol. The van der Waals surface area contributed by atoms with E-state index in [0.29, 0.717) is 36.2 Å². The van der Waals surface area contributed by atoms with Gasteiger partial charge in [-0.1, -0.05) is 78.9 Å². The molecular weight excluding hydrogens is 432 g/mol. The summed E-state index contributed by atoms with van der Waals surface area (Å²) in [5, 5.41) is -0.00550. The average Bonchev–Trinajstić information content (AvgIpc) is 3.33. The quantitative estimate of drug-likeness (QED) is 0.374. The monoisotopic (exact) mass is 458 g/mol. The third kappa shape index (κ3) is 4.63. The normalized spacial score (nSPS) is 15.5. The predicted octanol–water partition coefficient (Wildman–Crippen LogP) is 5.65. The SMILES string of the molecule is O=S(=O)(c1nc(-c2ccccc2)oc1-c1ccccc1)N1CCC(Cc2ccccc2)CC1. The van der Waals surface area contributed by atoms with Crippen LogP contribution in [0.25, 0.3) is 22.8 Å². The fourth-order valence-corrected chi connectivity index (χ4v) is 5.91.